The molecule has 0 aliphatic carbocycles. The van der Waals surface area contributed by atoms with Gasteiger partial charge in [0.25, 0.3) is 0 Å². The Morgan fingerprint density at radius 3 is 1.56 bits per heavy atom. The molecule has 0 aromatic rings. The molecule has 2 heteroatoms. The lowest BCUT2D eigenvalue weighted by Gasteiger charge is -2.04. The lowest BCUT2D eigenvalue weighted by molar-refractivity contribution is 0.232. The standard InChI is InChI=1S/C16H32OS/c1-2-3-4-5-6-7-8-9-10-11-12-13-14-16(17)15-18/h15-17H,2-14H2,1H3. The summed E-state index contributed by atoms with van der Waals surface area (Å²) in [6.07, 6.45) is 16.8. The number of aliphatic hydroxyl groups excluding tert-OH is 1. The Balaban J connectivity index is 2.96. The number of thiocarbonyl (C=S) groups is 1. The summed E-state index contributed by atoms with van der Waals surface area (Å²) in [5, 5.41) is 10.7. The van der Waals surface area contributed by atoms with Crippen LogP contribution in [-0.2, 0) is 0 Å². The minimum absolute atomic E-state index is 0.358. The van der Waals surface area contributed by atoms with Crippen molar-refractivity contribution in [3.8, 4) is 0 Å². The van der Waals surface area contributed by atoms with E-state index in [0.29, 0.717) is 0 Å². The van der Waals surface area contributed by atoms with Crippen LogP contribution in [0.4, 0.5) is 0 Å². The van der Waals surface area contributed by atoms with Gasteiger partial charge in [0.2, 0.25) is 0 Å². The zero-order chi connectivity index (χ0) is 13.5. The lowest BCUT2D eigenvalue weighted by atomic mass is 10.0. The van der Waals surface area contributed by atoms with E-state index < -0.39 is 0 Å². The fraction of sp³-hybridized carbons (Fsp3) is 0.938. The van der Waals surface area contributed by atoms with Gasteiger partial charge in [-0.3, -0.25) is 0 Å². The van der Waals surface area contributed by atoms with Crippen molar-refractivity contribution in [2.75, 3.05) is 0 Å². The lowest BCUT2D eigenvalue weighted by Crippen LogP contribution is -2.05. The minimum Gasteiger partial charge on any atom is -0.388 e. The molecule has 1 atom stereocenters. The molecule has 0 aromatic carbocycles. The average molecular weight is 272 g/mol. The first kappa shape index (κ1) is 18.0. The second-order valence-electron chi connectivity index (χ2n) is 5.38. The van der Waals surface area contributed by atoms with Gasteiger partial charge in [-0.1, -0.05) is 96.2 Å². The first-order valence-corrected chi connectivity index (χ1v) is 8.41. The van der Waals surface area contributed by atoms with Crippen LogP contribution in [0.2, 0.25) is 0 Å². The third-order valence-corrected chi connectivity index (χ3v) is 3.82. The zero-order valence-electron chi connectivity index (χ0n) is 12.2. The Morgan fingerprint density at radius 2 is 1.17 bits per heavy atom. The van der Waals surface area contributed by atoms with Crippen molar-refractivity contribution in [1.82, 2.24) is 0 Å². The Bertz CT molecular complexity index is 170. The van der Waals surface area contributed by atoms with Crippen LogP contribution in [0.3, 0.4) is 0 Å². The highest BCUT2D eigenvalue weighted by molar-refractivity contribution is 7.79. The van der Waals surface area contributed by atoms with E-state index in [1.165, 1.54) is 76.0 Å². The smallest absolute Gasteiger partial charge is 0.0822 e. The van der Waals surface area contributed by atoms with Gasteiger partial charge in [0, 0.05) is 5.37 Å². The van der Waals surface area contributed by atoms with Gasteiger partial charge in [0.1, 0.15) is 0 Å². The largest absolute Gasteiger partial charge is 0.388 e. The van der Waals surface area contributed by atoms with E-state index in [4.69, 9.17) is 0 Å². The van der Waals surface area contributed by atoms with E-state index in [1.807, 2.05) is 0 Å². The van der Waals surface area contributed by atoms with E-state index in [1.54, 1.807) is 0 Å². The van der Waals surface area contributed by atoms with E-state index in [9.17, 15) is 5.11 Å². The van der Waals surface area contributed by atoms with Crippen molar-refractivity contribution in [2.24, 2.45) is 0 Å². The predicted octanol–water partition coefficient (Wildman–Crippen LogP) is 5.44. The first-order valence-electron chi connectivity index (χ1n) is 7.94. The molecule has 1 nitrogen and oxygen atoms in total. The zero-order valence-corrected chi connectivity index (χ0v) is 13.0. The van der Waals surface area contributed by atoms with E-state index >= 15 is 0 Å². The van der Waals surface area contributed by atoms with Crippen LogP contribution >= 0.6 is 12.2 Å². The van der Waals surface area contributed by atoms with E-state index in [-0.39, 0.29) is 6.10 Å². The van der Waals surface area contributed by atoms with Crippen molar-refractivity contribution in [2.45, 2.75) is 96.5 Å². The van der Waals surface area contributed by atoms with Crippen LogP contribution in [0.5, 0.6) is 0 Å². The number of hydrogen-bond donors (Lipinski definition) is 1. The van der Waals surface area contributed by atoms with E-state index in [0.717, 1.165) is 12.8 Å². The molecular weight excluding hydrogens is 240 g/mol. The molecular formula is C16H32OS. The highest BCUT2D eigenvalue weighted by atomic mass is 32.1. The fourth-order valence-corrected chi connectivity index (χ4v) is 2.40. The maximum absolute atomic E-state index is 9.26. The Hall–Kier alpha value is 0.0500. The molecule has 0 aliphatic heterocycles. The summed E-state index contributed by atoms with van der Waals surface area (Å²) >= 11 is 4.69. The molecule has 0 bridgehead atoms. The number of unbranched alkanes of at least 4 members (excludes halogenated alkanes) is 11. The summed E-state index contributed by atoms with van der Waals surface area (Å²) < 4.78 is 0. The van der Waals surface area contributed by atoms with Crippen LogP contribution < -0.4 is 0 Å². The van der Waals surface area contributed by atoms with Gasteiger partial charge in [0.15, 0.2) is 0 Å². The van der Waals surface area contributed by atoms with Crippen LogP contribution in [0.25, 0.3) is 0 Å². The second-order valence-corrected chi connectivity index (χ2v) is 5.65. The van der Waals surface area contributed by atoms with Gasteiger partial charge in [-0.15, -0.1) is 0 Å². The number of aliphatic hydroxyl groups is 1. The summed E-state index contributed by atoms with van der Waals surface area (Å²) in [4.78, 5) is 0. The molecule has 0 saturated heterocycles. The maximum Gasteiger partial charge on any atom is 0.0822 e. The molecule has 1 unspecified atom stereocenters. The maximum atomic E-state index is 9.26. The second kappa shape index (κ2) is 15.1. The monoisotopic (exact) mass is 272 g/mol. The van der Waals surface area contributed by atoms with Crippen LogP contribution in [0, 0.1) is 0 Å². The first-order chi connectivity index (χ1) is 8.81. The van der Waals surface area contributed by atoms with Crippen LogP contribution in [-0.4, -0.2) is 16.6 Å². The fourth-order valence-electron chi connectivity index (χ4n) is 2.26. The summed E-state index contributed by atoms with van der Waals surface area (Å²) in [6.45, 7) is 2.27. The third kappa shape index (κ3) is 14.1. The highest BCUT2D eigenvalue weighted by Crippen LogP contribution is 2.12. The van der Waals surface area contributed by atoms with Crippen LogP contribution in [0.15, 0.2) is 0 Å². The molecule has 0 radical (unpaired) electrons. The van der Waals surface area contributed by atoms with Gasteiger partial charge in [-0.25, -0.2) is 0 Å². The molecule has 0 heterocycles. The van der Waals surface area contributed by atoms with Crippen molar-refractivity contribution < 1.29 is 5.11 Å². The summed E-state index contributed by atoms with van der Waals surface area (Å²) in [7, 11) is 0. The molecule has 0 aliphatic rings. The topological polar surface area (TPSA) is 20.2 Å². The molecule has 1 N–H and O–H groups in total. The van der Waals surface area contributed by atoms with Crippen molar-refractivity contribution in [1.29, 1.82) is 0 Å². The van der Waals surface area contributed by atoms with Gasteiger partial charge in [-0.2, -0.15) is 0 Å². The Labute approximate surface area is 119 Å². The van der Waals surface area contributed by atoms with E-state index in [2.05, 4.69) is 19.1 Å². The summed E-state index contributed by atoms with van der Waals surface area (Å²) in [5.74, 6) is 0. The van der Waals surface area contributed by atoms with Crippen molar-refractivity contribution in [3.63, 3.8) is 0 Å². The third-order valence-electron chi connectivity index (χ3n) is 3.51. The predicted molar refractivity (Wildman–Crippen MR) is 85.4 cm³/mol. The molecule has 0 aromatic heterocycles. The van der Waals surface area contributed by atoms with Gasteiger partial charge in [0.05, 0.1) is 6.10 Å². The van der Waals surface area contributed by atoms with Crippen molar-refractivity contribution in [3.05, 3.63) is 0 Å². The molecule has 108 valence electrons. The summed E-state index contributed by atoms with van der Waals surface area (Å²) in [5.41, 5.74) is 0. The minimum atomic E-state index is -0.358. The van der Waals surface area contributed by atoms with Crippen molar-refractivity contribution >= 4 is 17.6 Å². The van der Waals surface area contributed by atoms with Gasteiger partial charge >= 0.3 is 0 Å². The summed E-state index contributed by atoms with van der Waals surface area (Å²) in [6, 6.07) is 0. The number of rotatable bonds is 14. The van der Waals surface area contributed by atoms with Gasteiger partial charge in [-0.05, 0) is 6.42 Å². The molecule has 0 spiro atoms. The Kier molecular flexibility index (Phi) is 15.2. The van der Waals surface area contributed by atoms with Crippen LogP contribution in [0.1, 0.15) is 90.4 Å². The normalized spacial score (nSPS) is 12.6. The molecule has 0 rings (SSSR count). The van der Waals surface area contributed by atoms with Gasteiger partial charge < -0.3 is 5.11 Å². The molecule has 0 saturated carbocycles. The Morgan fingerprint density at radius 1 is 0.778 bits per heavy atom. The SMILES string of the molecule is CCCCCCCCCCCCCCC(O)C=S. The average Bonchev–Trinajstić information content (AvgIpc) is 2.39. The number of hydrogen-bond acceptors (Lipinski definition) is 2. The molecule has 0 amide bonds. The molecule has 18 heavy (non-hydrogen) atoms. The highest BCUT2D eigenvalue weighted by Gasteiger charge is 1.98. The quantitative estimate of drug-likeness (QED) is 0.336. The molecule has 0 fully saturated rings.